The van der Waals surface area contributed by atoms with E-state index in [0.717, 1.165) is 6.07 Å². The summed E-state index contributed by atoms with van der Waals surface area (Å²) < 4.78 is 37.6. The fourth-order valence-electron chi connectivity index (χ4n) is 2.27. The molecular formula is C19H13BrF2N2O3. The van der Waals surface area contributed by atoms with Gasteiger partial charge in [-0.15, -0.1) is 0 Å². The number of hydrogen-bond donors (Lipinski definition) is 1. The second-order valence-corrected chi connectivity index (χ2v) is 6.19. The molecule has 2 aromatic carbocycles. The van der Waals surface area contributed by atoms with Crippen LogP contribution in [0.25, 0.3) is 0 Å². The van der Waals surface area contributed by atoms with Crippen LogP contribution in [0.3, 0.4) is 0 Å². The van der Waals surface area contributed by atoms with E-state index in [1.165, 1.54) is 49.7 Å². The number of anilines is 1. The summed E-state index contributed by atoms with van der Waals surface area (Å²) in [7, 11) is 1.37. The van der Waals surface area contributed by atoms with Crippen LogP contribution in [-0.2, 0) is 0 Å². The summed E-state index contributed by atoms with van der Waals surface area (Å²) in [6, 6.07) is 10.7. The summed E-state index contributed by atoms with van der Waals surface area (Å²) in [5.41, 5.74) is 0.432. The molecule has 0 atom stereocenters. The van der Waals surface area contributed by atoms with Crippen molar-refractivity contribution in [2.45, 2.75) is 0 Å². The number of nitrogens with zero attached hydrogens (tertiary/aromatic N) is 1. The van der Waals surface area contributed by atoms with Crippen LogP contribution in [0.2, 0.25) is 0 Å². The molecule has 0 unspecified atom stereocenters. The van der Waals surface area contributed by atoms with E-state index in [4.69, 9.17) is 9.47 Å². The van der Waals surface area contributed by atoms with Gasteiger partial charge in [0.25, 0.3) is 5.91 Å². The number of pyridine rings is 1. The zero-order valence-electron chi connectivity index (χ0n) is 14.0. The van der Waals surface area contributed by atoms with E-state index in [1.807, 2.05) is 0 Å². The van der Waals surface area contributed by atoms with Crippen LogP contribution >= 0.6 is 15.9 Å². The first-order chi connectivity index (χ1) is 13.0. The largest absolute Gasteiger partial charge is 0.494 e. The van der Waals surface area contributed by atoms with Gasteiger partial charge in [0.2, 0.25) is 5.88 Å². The molecule has 0 radical (unpaired) electrons. The van der Waals surface area contributed by atoms with Gasteiger partial charge < -0.3 is 14.8 Å². The lowest BCUT2D eigenvalue weighted by Crippen LogP contribution is -2.14. The fourth-order valence-corrected chi connectivity index (χ4v) is 2.70. The highest BCUT2D eigenvalue weighted by molar-refractivity contribution is 9.10. The first-order valence-corrected chi connectivity index (χ1v) is 8.50. The Morgan fingerprint density at radius 3 is 2.56 bits per heavy atom. The van der Waals surface area contributed by atoms with Crippen LogP contribution < -0.4 is 14.8 Å². The highest BCUT2D eigenvalue weighted by atomic mass is 79.9. The zero-order valence-corrected chi connectivity index (χ0v) is 15.6. The molecule has 0 aliphatic rings. The predicted molar refractivity (Wildman–Crippen MR) is 99.3 cm³/mol. The van der Waals surface area contributed by atoms with E-state index in [1.54, 1.807) is 6.07 Å². The van der Waals surface area contributed by atoms with Crippen molar-refractivity contribution in [3.8, 4) is 17.4 Å². The van der Waals surface area contributed by atoms with E-state index in [0.29, 0.717) is 15.9 Å². The molecule has 0 saturated carbocycles. The third-order valence-corrected chi connectivity index (χ3v) is 4.15. The average molecular weight is 435 g/mol. The van der Waals surface area contributed by atoms with Gasteiger partial charge in [-0.2, -0.15) is 0 Å². The zero-order chi connectivity index (χ0) is 19.4. The van der Waals surface area contributed by atoms with Gasteiger partial charge in [-0.25, -0.2) is 13.8 Å². The number of carbonyl (C=O) groups is 1. The Morgan fingerprint density at radius 1 is 1.07 bits per heavy atom. The summed E-state index contributed by atoms with van der Waals surface area (Å²) in [6.07, 6.45) is 1.46. The Balaban J connectivity index is 1.88. The number of amides is 1. The number of benzene rings is 2. The minimum absolute atomic E-state index is 0.0309. The Morgan fingerprint density at radius 2 is 1.81 bits per heavy atom. The molecule has 1 heterocycles. The number of carbonyl (C=O) groups excluding carboxylic acids is 1. The second kappa shape index (κ2) is 8.13. The van der Waals surface area contributed by atoms with Gasteiger partial charge in [0.1, 0.15) is 28.7 Å². The van der Waals surface area contributed by atoms with Crippen LogP contribution in [-0.4, -0.2) is 18.0 Å². The number of methoxy groups -OCH3 is 1. The Labute approximate surface area is 162 Å². The van der Waals surface area contributed by atoms with Gasteiger partial charge in [0.15, 0.2) is 0 Å². The summed E-state index contributed by atoms with van der Waals surface area (Å²) in [4.78, 5) is 16.7. The SMILES string of the molecule is COc1cc(F)ccc1NC(=O)c1cccnc1Oc1ccc(F)cc1Br. The molecule has 0 bridgehead atoms. The van der Waals surface area contributed by atoms with Crippen molar-refractivity contribution in [3.05, 3.63) is 76.4 Å². The number of hydrogen-bond acceptors (Lipinski definition) is 4. The van der Waals surface area contributed by atoms with E-state index >= 15 is 0 Å². The molecule has 0 aliphatic carbocycles. The molecule has 1 aromatic heterocycles. The lowest BCUT2D eigenvalue weighted by atomic mass is 10.2. The molecule has 1 N–H and O–H groups in total. The molecule has 0 spiro atoms. The first kappa shape index (κ1) is 18.8. The second-order valence-electron chi connectivity index (χ2n) is 5.33. The predicted octanol–water partition coefficient (Wildman–Crippen LogP) is 5.18. The van der Waals surface area contributed by atoms with Crippen molar-refractivity contribution in [2.75, 3.05) is 12.4 Å². The normalized spacial score (nSPS) is 10.4. The Kier molecular flexibility index (Phi) is 5.66. The van der Waals surface area contributed by atoms with E-state index < -0.39 is 17.5 Å². The van der Waals surface area contributed by atoms with Gasteiger partial charge in [0.05, 0.1) is 17.3 Å². The first-order valence-electron chi connectivity index (χ1n) is 7.70. The van der Waals surface area contributed by atoms with E-state index in [2.05, 4.69) is 26.2 Å². The standard InChI is InChI=1S/C19H13BrF2N2O3/c1-26-17-10-12(22)4-6-15(17)24-18(25)13-3-2-8-23-19(13)27-16-7-5-11(21)9-14(16)20/h2-10H,1H3,(H,24,25). The smallest absolute Gasteiger partial charge is 0.261 e. The molecular weight excluding hydrogens is 422 g/mol. The third kappa shape index (κ3) is 4.40. The van der Waals surface area contributed by atoms with Crippen molar-refractivity contribution >= 4 is 27.5 Å². The number of aromatic nitrogens is 1. The van der Waals surface area contributed by atoms with Crippen molar-refractivity contribution < 1.29 is 23.0 Å². The maximum Gasteiger partial charge on any atom is 0.261 e. The van der Waals surface area contributed by atoms with Gasteiger partial charge in [-0.1, -0.05) is 0 Å². The molecule has 0 aliphatic heterocycles. The number of rotatable bonds is 5. The topological polar surface area (TPSA) is 60.5 Å². The highest BCUT2D eigenvalue weighted by Crippen LogP contribution is 2.32. The number of halogens is 3. The summed E-state index contributed by atoms with van der Waals surface area (Å²) in [6.45, 7) is 0. The van der Waals surface area contributed by atoms with Crippen molar-refractivity contribution in [2.24, 2.45) is 0 Å². The van der Waals surface area contributed by atoms with Crippen molar-refractivity contribution in [1.82, 2.24) is 4.98 Å². The average Bonchev–Trinajstić information content (AvgIpc) is 2.65. The molecule has 0 fully saturated rings. The lowest BCUT2D eigenvalue weighted by Gasteiger charge is -2.13. The Bertz CT molecular complexity index is 998. The summed E-state index contributed by atoms with van der Waals surface area (Å²) in [5, 5.41) is 2.63. The fraction of sp³-hybridized carbons (Fsp3) is 0.0526. The maximum absolute atomic E-state index is 13.3. The van der Waals surface area contributed by atoms with Crippen molar-refractivity contribution in [3.63, 3.8) is 0 Å². The molecule has 0 saturated heterocycles. The molecule has 5 nitrogen and oxygen atoms in total. The van der Waals surface area contributed by atoms with Crippen molar-refractivity contribution in [1.29, 1.82) is 0 Å². The third-order valence-electron chi connectivity index (χ3n) is 3.53. The Hall–Kier alpha value is -3.00. The van der Waals surface area contributed by atoms with Crippen LogP contribution in [0.4, 0.5) is 14.5 Å². The molecule has 8 heteroatoms. The van der Waals surface area contributed by atoms with Gasteiger partial charge >= 0.3 is 0 Å². The van der Waals surface area contributed by atoms with Crippen LogP contribution in [0, 0.1) is 11.6 Å². The molecule has 27 heavy (non-hydrogen) atoms. The monoisotopic (exact) mass is 434 g/mol. The van der Waals surface area contributed by atoms with Crippen LogP contribution in [0.15, 0.2) is 59.2 Å². The maximum atomic E-state index is 13.3. The van der Waals surface area contributed by atoms with E-state index in [9.17, 15) is 13.6 Å². The summed E-state index contributed by atoms with van der Waals surface area (Å²) >= 11 is 3.20. The van der Waals surface area contributed by atoms with Gasteiger partial charge in [-0.05, 0) is 58.4 Å². The molecule has 1 amide bonds. The van der Waals surface area contributed by atoms with Gasteiger partial charge in [-0.3, -0.25) is 4.79 Å². The highest BCUT2D eigenvalue weighted by Gasteiger charge is 2.17. The summed E-state index contributed by atoms with van der Waals surface area (Å²) in [5.74, 6) is -0.947. The number of nitrogens with one attached hydrogen (secondary N) is 1. The van der Waals surface area contributed by atoms with Crippen LogP contribution in [0.1, 0.15) is 10.4 Å². The van der Waals surface area contributed by atoms with Crippen LogP contribution in [0.5, 0.6) is 17.4 Å². The molecule has 138 valence electrons. The lowest BCUT2D eigenvalue weighted by molar-refractivity contribution is 0.102. The quantitative estimate of drug-likeness (QED) is 0.601. The minimum Gasteiger partial charge on any atom is -0.494 e. The van der Waals surface area contributed by atoms with Gasteiger partial charge in [0, 0.05) is 12.3 Å². The number of ether oxygens (including phenoxy) is 2. The molecule has 3 aromatic rings. The minimum atomic E-state index is -0.527. The van der Waals surface area contributed by atoms with E-state index in [-0.39, 0.29) is 17.2 Å². The molecule has 3 rings (SSSR count).